The van der Waals surface area contributed by atoms with Gasteiger partial charge >= 0.3 is 0 Å². The van der Waals surface area contributed by atoms with Crippen LogP contribution in [0.4, 0.5) is 0 Å². The van der Waals surface area contributed by atoms with E-state index in [1.54, 1.807) is 0 Å². The Morgan fingerprint density at radius 3 is 1.22 bits per heavy atom. The molecule has 0 heteroatoms. The first-order valence-electron chi connectivity index (χ1n) is 6.99. The zero-order chi connectivity index (χ0) is 13.6. The third kappa shape index (κ3) is 2.68. The van der Waals surface area contributed by atoms with Gasteiger partial charge in [0.25, 0.3) is 0 Å². The van der Waals surface area contributed by atoms with Gasteiger partial charge in [0.1, 0.15) is 0 Å². The van der Waals surface area contributed by atoms with Crippen LogP contribution in [0.1, 0.15) is 41.5 Å². The van der Waals surface area contributed by atoms with E-state index < -0.39 is 0 Å². The minimum absolute atomic E-state index is 0.268. The Morgan fingerprint density at radius 2 is 1.00 bits per heavy atom. The largest absolute Gasteiger partial charge is 0.0764 e. The predicted molar refractivity (Wildman–Crippen MR) is 80.3 cm³/mol. The van der Waals surface area contributed by atoms with Gasteiger partial charge in [0.2, 0.25) is 0 Å². The topological polar surface area (TPSA) is 0 Å². The first kappa shape index (κ1) is 13.4. The highest BCUT2D eigenvalue weighted by Gasteiger charge is 2.27. The second kappa shape index (κ2) is 4.26. The lowest BCUT2D eigenvalue weighted by Crippen LogP contribution is -2.09. The molecule has 0 heterocycles. The lowest BCUT2D eigenvalue weighted by Gasteiger charge is -2.20. The fraction of sp³-hybridized carbons (Fsp3) is 0.556. The van der Waals surface area contributed by atoms with Crippen LogP contribution in [-0.2, 0) is 0 Å². The summed E-state index contributed by atoms with van der Waals surface area (Å²) in [6.45, 7) is 13.7. The van der Waals surface area contributed by atoms with Crippen LogP contribution in [0.3, 0.4) is 0 Å². The van der Waals surface area contributed by atoms with Crippen LogP contribution in [0.2, 0.25) is 0 Å². The predicted octanol–water partition coefficient (Wildman–Crippen LogP) is 5.30. The van der Waals surface area contributed by atoms with Gasteiger partial charge in [0.15, 0.2) is 0 Å². The number of rotatable bonds is 1. The van der Waals surface area contributed by atoms with Gasteiger partial charge in [-0.3, -0.25) is 0 Å². The molecular formula is C18H26. The van der Waals surface area contributed by atoms with Crippen molar-refractivity contribution in [1.29, 1.82) is 0 Å². The molecule has 0 radical (unpaired) electrons. The van der Waals surface area contributed by atoms with Crippen LogP contribution in [0, 0.1) is 22.7 Å². The minimum Gasteiger partial charge on any atom is -0.0764 e. The summed E-state index contributed by atoms with van der Waals surface area (Å²) in [6.07, 6.45) is 14.2. The average molecular weight is 242 g/mol. The van der Waals surface area contributed by atoms with Gasteiger partial charge in [-0.15, -0.1) is 0 Å². The lowest BCUT2D eigenvalue weighted by molar-refractivity contribution is 0.510. The summed E-state index contributed by atoms with van der Waals surface area (Å²) in [6, 6.07) is 0. The number of hydrogen-bond acceptors (Lipinski definition) is 0. The maximum atomic E-state index is 2.44. The van der Waals surface area contributed by atoms with Gasteiger partial charge in [0.05, 0.1) is 0 Å². The van der Waals surface area contributed by atoms with Gasteiger partial charge < -0.3 is 0 Å². The number of allylic oxidation sites excluding steroid dienone is 8. The molecule has 98 valence electrons. The molecule has 2 aliphatic carbocycles. The molecule has 0 fully saturated rings. The van der Waals surface area contributed by atoms with E-state index in [1.165, 1.54) is 11.1 Å². The molecule has 0 aromatic rings. The van der Waals surface area contributed by atoms with Crippen molar-refractivity contribution in [2.24, 2.45) is 22.7 Å². The van der Waals surface area contributed by atoms with Crippen molar-refractivity contribution in [3.05, 3.63) is 47.6 Å². The molecule has 0 saturated carbocycles. The first-order chi connectivity index (χ1) is 8.18. The van der Waals surface area contributed by atoms with Crippen molar-refractivity contribution < 1.29 is 0 Å². The average Bonchev–Trinajstić information content (AvgIpc) is 2.84. The molecular weight excluding hydrogens is 216 g/mol. The van der Waals surface area contributed by atoms with E-state index in [4.69, 9.17) is 0 Å². The van der Waals surface area contributed by atoms with Crippen LogP contribution < -0.4 is 0 Å². The summed E-state index contributed by atoms with van der Waals surface area (Å²) in [5.41, 5.74) is 3.48. The van der Waals surface area contributed by atoms with Crippen molar-refractivity contribution in [3.63, 3.8) is 0 Å². The van der Waals surface area contributed by atoms with Crippen molar-refractivity contribution >= 4 is 0 Å². The van der Waals surface area contributed by atoms with E-state index in [9.17, 15) is 0 Å². The van der Waals surface area contributed by atoms with E-state index in [-0.39, 0.29) is 10.8 Å². The third-order valence-corrected chi connectivity index (χ3v) is 3.92. The van der Waals surface area contributed by atoms with Crippen LogP contribution in [0.5, 0.6) is 0 Å². The maximum Gasteiger partial charge on any atom is 0.00537 e. The molecule has 2 atom stereocenters. The van der Waals surface area contributed by atoms with Crippen LogP contribution in [0.15, 0.2) is 47.6 Å². The summed E-state index contributed by atoms with van der Waals surface area (Å²) < 4.78 is 0. The second-order valence-corrected chi connectivity index (χ2v) is 7.62. The van der Waals surface area contributed by atoms with Crippen molar-refractivity contribution in [1.82, 2.24) is 0 Å². The van der Waals surface area contributed by atoms with E-state index >= 15 is 0 Å². The molecule has 18 heavy (non-hydrogen) atoms. The fourth-order valence-corrected chi connectivity index (χ4v) is 2.55. The Labute approximate surface area is 112 Å². The van der Waals surface area contributed by atoms with Crippen molar-refractivity contribution in [2.75, 3.05) is 0 Å². The Hall–Kier alpha value is -1.04. The smallest absolute Gasteiger partial charge is 0.00537 e. The highest BCUT2D eigenvalue weighted by Crippen LogP contribution is 2.39. The van der Waals surface area contributed by atoms with Crippen LogP contribution in [-0.4, -0.2) is 0 Å². The summed E-state index contributed by atoms with van der Waals surface area (Å²) in [4.78, 5) is 0. The fourth-order valence-electron chi connectivity index (χ4n) is 2.55. The molecule has 0 saturated heterocycles. The van der Waals surface area contributed by atoms with Gasteiger partial charge in [-0.1, -0.05) is 78.0 Å². The highest BCUT2D eigenvalue weighted by atomic mass is 14.3. The molecule has 0 aromatic carbocycles. The molecule has 0 aliphatic heterocycles. The molecule has 2 rings (SSSR count). The normalized spacial score (nSPS) is 27.7. The summed E-state index contributed by atoms with van der Waals surface area (Å²) >= 11 is 0. The summed E-state index contributed by atoms with van der Waals surface area (Å²) in [5.74, 6) is 1.10. The highest BCUT2D eigenvalue weighted by molar-refractivity contribution is 5.40. The van der Waals surface area contributed by atoms with Crippen molar-refractivity contribution in [3.8, 4) is 0 Å². The molecule has 0 bridgehead atoms. The lowest BCUT2D eigenvalue weighted by atomic mass is 9.85. The Bertz CT molecular complexity index is 397. The molecule has 2 unspecified atom stereocenters. The van der Waals surface area contributed by atoms with Crippen molar-refractivity contribution in [2.45, 2.75) is 41.5 Å². The quantitative estimate of drug-likeness (QED) is 0.585. The Morgan fingerprint density at radius 1 is 0.667 bits per heavy atom. The summed E-state index contributed by atoms with van der Waals surface area (Å²) in [7, 11) is 0. The Kier molecular flexibility index (Phi) is 3.17. The molecule has 0 aromatic heterocycles. The van der Waals surface area contributed by atoms with E-state index in [0.717, 1.165) is 0 Å². The van der Waals surface area contributed by atoms with Crippen LogP contribution >= 0.6 is 0 Å². The standard InChI is InChI=1S/C18H26/c1-17(2,3)15-9-7-13(11-15)14-8-10-16(12-14)18(4,5)6/h7-14H,1-6H3. The SMILES string of the molecule is CC(C)(C)C1=CC(C2C=CC(C(C)(C)C)=C2)C=C1. The maximum absolute atomic E-state index is 2.44. The molecule has 0 nitrogen and oxygen atoms in total. The molecule has 0 spiro atoms. The summed E-state index contributed by atoms with van der Waals surface area (Å²) in [5, 5.41) is 0. The van der Waals surface area contributed by atoms with Gasteiger partial charge in [-0.05, 0) is 22.0 Å². The van der Waals surface area contributed by atoms with Gasteiger partial charge in [0, 0.05) is 11.8 Å². The minimum atomic E-state index is 0.268. The third-order valence-electron chi connectivity index (χ3n) is 3.92. The van der Waals surface area contributed by atoms with E-state index in [2.05, 4.69) is 78.0 Å². The Balaban J connectivity index is 2.15. The molecule has 0 amide bonds. The zero-order valence-electron chi connectivity index (χ0n) is 12.6. The molecule has 2 aliphatic rings. The van der Waals surface area contributed by atoms with Crippen LogP contribution in [0.25, 0.3) is 0 Å². The second-order valence-electron chi connectivity index (χ2n) is 7.62. The van der Waals surface area contributed by atoms with E-state index in [1.807, 2.05) is 0 Å². The monoisotopic (exact) mass is 242 g/mol. The first-order valence-corrected chi connectivity index (χ1v) is 6.99. The zero-order valence-corrected chi connectivity index (χ0v) is 12.6. The number of hydrogen-bond donors (Lipinski definition) is 0. The molecule has 0 N–H and O–H groups in total. The van der Waals surface area contributed by atoms with E-state index in [0.29, 0.717) is 11.8 Å². The van der Waals surface area contributed by atoms with Gasteiger partial charge in [-0.2, -0.15) is 0 Å². The van der Waals surface area contributed by atoms with Gasteiger partial charge in [-0.25, -0.2) is 0 Å².